The monoisotopic (exact) mass is 400 g/mol. The van der Waals surface area contributed by atoms with E-state index in [1.54, 1.807) is 12.3 Å². The van der Waals surface area contributed by atoms with Gasteiger partial charge in [-0.2, -0.15) is 0 Å². The second-order valence-electron chi connectivity index (χ2n) is 5.82. The number of rotatable bonds is 8. The van der Waals surface area contributed by atoms with E-state index in [1.165, 1.54) is 23.1 Å². The summed E-state index contributed by atoms with van der Waals surface area (Å²) in [5.74, 6) is 0.854. The third-order valence-electron chi connectivity index (χ3n) is 3.66. The summed E-state index contributed by atoms with van der Waals surface area (Å²) in [5.41, 5.74) is 2.05. The van der Waals surface area contributed by atoms with Crippen LogP contribution in [0, 0.1) is 0 Å². The summed E-state index contributed by atoms with van der Waals surface area (Å²) >= 11 is 2.73. The normalized spacial score (nSPS) is 10.6. The standard InChI is InChI=1S/C18H20N6OS2/c1-4-9-24-16(13-6-5-7-14(11-13)23(2)3)21-22-18(24)27-12-15(25)20-17-19-8-10-26-17/h4-8,10-11H,1,9,12H2,2-3H3,(H,19,20,25). The Bertz CT molecular complexity index is 920. The first kappa shape index (κ1) is 19.1. The van der Waals surface area contributed by atoms with Crippen LogP contribution in [-0.4, -0.2) is 45.5 Å². The van der Waals surface area contributed by atoms with Crippen LogP contribution in [0.25, 0.3) is 11.4 Å². The minimum Gasteiger partial charge on any atom is -0.378 e. The summed E-state index contributed by atoms with van der Waals surface area (Å²) in [6, 6.07) is 8.09. The van der Waals surface area contributed by atoms with Crippen molar-refractivity contribution < 1.29 is 4.79 Å². The van der Waals surface area contributed by atoms with Crippen molar-refractivity contribution in [1.29, 1.82) is 0 Å². The van der Waals surface area contributed by atoms with E-state index in [0.717, 1.165) is 17.1 Å². The number of carbonyl (C=O) groups excluding carboxylic acids is 1. The molecule has 3 rings (SSSR count). The molecule has 27 heavy (non-hydrogen) atoms. The summed E-state index contributed by atoms with van der Waals surface area (Å²) in [5, 5.41) is 14.5. The second-order valence-corrected chi connectivity index (χ2v) is 7.66. The van der Waals surface area contributed by atoms with E-state index < -0.39 is 0 Å². The van der Waals surface area contributed by atoms with Crippen molar-refractivity contribution in [2.75, 3.05) is 30.1 Å². The Morgan fingerprint density at radius 1 is 1.41 bits per heavy atom. The maximum atomic E-state index is 12.1. The van der Waals surface area contributed by atoms with Crippen molar-refractivity contribution in [2.45, 2.75) is 11.7 Å². The fourth-order valence-corrected chi connectivity index (χ4v) is 3.69. The molecule has 2 aromatic heterocycles. The van der Waals surface area contributed by atoms with Gasteiger partial charge in [-0.1, -0.05) is 30.0 Å². The Labute approximate surface area is 166 Å². The molecule has 1 N–H and O–H groups in total. The van der Waals surface area contributed by atoms with Crippen molar-refractivity contribution in [3.05, 3.63) is 48.5 Å². The van der Waals surface area contributed by atoms with E-state index in [1.807, 2.05) is 47.1 Å². The SMILES string of the molecule is C=CCn1c(SCC(=O)Nc2nccs2)nnc1-c1cccc(N(C)C)c1. The summed E-state index contributed by atoms with van der Waals surface area (Å²) in [7, 11) is 3.99. The van der Waals surface area contributed by atoms with Gasteiger partial charge in [0.1, 0.15) is 0 Å². The Balaban J connectivity index is 1.77. The van der Waals surface area contributed by atoms with Crippen LogP contribution in [0.1, 0.15) is 0 Å². The van der Waals surface area contributed by atoms with Crippen LogP contribution in [0.3, 0.4) is 0 Å². The van der Waals surface area contributed by atoms with Crippen LogP contribution in [0.2, 0.25) is 0 Å². The quantitative estimate of drug-likeness (QED) is 0.461. The largest absolute Gasteiger partial charge is 0.378 e. The summed E-state index contributed by atoms with van der Waals surface area (Å²) in [4.78, 5) is 18.2. The van der Waals surface area contributed by atoms with Gasteiger partial charge >= 0.3 is 0 Å². The molecule has 1 amide bonds. The first-order valence-electron chi connectivity index (χ1n) is 8.22. The minimum absolute atomic E-state index is 0.126. The predicted molar refractivity (Wildman–Crippen MR) is 111 cm³/mol. The van der Waals surface area contributed by atoms with Gasteiger partial charge < -0.3 is 10.2 Å². The van der Waals surface area contributed by atoms with Crippen LogP contribution in [-0.2, 0) is 11.3 Å². The van der Waals surface area contributed by atoms with Gasteiger partial charge in [0.15, 0.2) is 16.1 Å². The molecule has 0 saturated heterocycles. The van der Waals surface area contributed by atoms with Gasteiger partial charge in [-0.05, 0) is 12.1 Å². The maximum Gasteiger partial charge on any atom is 0.236 e. The Hall–Kier alpha value is -2.65. The molecule has 1 aromatic carbocycles. The first-order valence-corrected chi connectivity index (χ1v) is 10.1. The number of anilines is 2. The van der Waals surface area contributed by atoms with Crippen molar-refractivity contribution >= 4 is 39.8 Å². The van der Waals surface area contributed by atoms with Crippen LogP contribution in [0.15, 0.2) is 53.7 Å². The molecule has 140 valence electrons. The lowest BCUT2D eigenvalue weighted by molar-refractivity contribution is -0.113. The van der Waals surface area contributed by atoms with Gasteiger partial charge in [-0.3, -0.25) is 9.36 Å². The van der Waals surface area contributed by atoms with E-state index in [-0.39, 0.29) is 11.7 Å². The average Bonchev–Trinajstić information content (AvgIpc) is 3.30. The highest BCUT2D eigenvalue weighted by atomic mass is 32.2. The minimum atomic E-state index is -0.126. The van der Waals surface area contributed by atoms with Gasteiger partial charge in [-0.15, -0.1) is 28.1 Å². The molecule has 0 aliphatic carbocycles. The molecule has 9 heteroatoms. The van der Waals surface area contributed by atoms with E-state index >= 15 is 0 Å². The van der Waals surface area contributed by atoms with Crippen molar-refractivity contribution in [3.63, 3.8) is 0 Å². The lowest BCUT2D eigenvalue weighted by atomic mass is 10.2. The molecule has 3 aromatic rings. The van der Waals surface area contributed by atoms with Gasteiger partial charge in [0.2, 0.25) is 5.91 Å². The zero-order valence-electron chi connectivity index (χ0n) is 15.1. The molecule has 0 spiro atoms. The summed E-state index contributed by atoms with van der Waals surface area (Å²) in [6.07, 6.45) is 3.45. The fraction of sp³-hybridized carbons (Fsp3) is 0.222. The van der Waals surface area contributed by atoms with Crippen molar-refractivity contribution in [1.82, 2.24) is 19.7 Å². The van der Waals surface area contributed by atoms with Crippen LogP contribution < -0.4 is 10.2 Å². The molecule has 0 fully saturated rings. The topological polar surface area (TPSA) is 75.9 Å². The molecule has 0 saturated carbocycles. The molecular formula is C18H20N6OS2. The molecule has 0 unspecified atom stereocenters. The molecule has 0 atom stereocenters. The van der Waals surface area contributed by atoms with Crippen molar-refractivity contribution in [3.8, 4) is 11.4 Å². The average molecular weight is 401 g/mol. The van der Waals surface area contributed by atoms with Gasteiger partial charge in [0.05, 0.1) is 5.75 Å². The van der Waals surface area contributed by atoms with E-state index in [4.69, 9.17) is 0 Å². The van der Waals surface area contributed by atoms with E-state index in [9.17, 15) is 4.79 Å². The summed E-state index contributed by atoms with van der Waals surface area (Å²) in [6.45, 7) is 4.38. The number of amides is 1. The van der Waals surface area contributed by atoms with Crippen LogP contribution in [0.4, 0.5) is 10.8 Å². The third kappa shape index (κ3) is 4.75. The lowest BCUT2D eigenvalue weighted by Crippen LogP contribution is -2.14. The lowest BCUT2D eigenvalue weighted by Gasteiger charge is -2.14. The number of thioether (sulfide) groups is 1. The third-order valence-corrected chi connectivity index (χ3v) is 5.32. The number of nitrogens with one attached hydrogen (secondary N) is 1. The number of nitrogens with zero attached hydrogens (tertiary/aromatic N) is 5. The highest BCUT2D eigenvalue weighted by Crippen LogP contribution is 2.27. The van der Waals surface area contributed by atoms with E-state index in [0.29, 0.717) is 16.8 Å². The number of hydrogen-bond donors (Lipinski definition) is 1. The number of aromatic nitrogens is 4. The zero-order valence-corrected chi connectivity index (χ0v) is 16.8. The first-order chi connectivity index (χ1) is 13.1. The highest BCUT2D eigenvalue weighted by Gasteiger charge is 2.16. The van der Waals surface area contributed by atoms with Gasteiger partial charge in [-0.25, -0.2) is 4.98 Å². The zero-order chi connectivity index (χ0) is 19.2. The molecule has 2 heterocycles. The molecule has 0 aliphatic rings. The number of thiazole rings is 1. The molecule has 0 radical (unpaired) electrons. The second kappa shape index (κ2) is 8.83. The fourth-order valence-electron chi connectivity index (χ4n) is 2.40. The smallest absolute Gasteiger partial charge is 0.236 e. The Kier molecular flexibility index (Phi) is 6.25. The van der Waals surface area contributed by atoms with Crippen molar-refractivity contribution in [2.24, 2.45) is 0 Å². The number of carbonyl (C=O) groups is 1. The van der Waals surface area contributed by atoms with Gasteiger partial charge in [0, 0.05) is 43.5 Å². The molecule has 7 nitrogen and oxygen atoms in total. The van der Waals surface area contributed by atoms with E-state index in [2.05, 4.69) is 33.1 Å². The van der Waals surface area contributed by atoms with Crippen LogP contribution >= 0.6 is 23.1 Å². The maximum absolute atomic E-state index is 12.1. The number of benzene rings is 1. The molecule has 0 bridgehead atoms. The predicted octanol–water partition coefficient (Wildman–Crippen LogP) is 3.38. The van der Waals surface area contributed by atoms with Gasteiger partial charge in [0.25, 0.3) is 0 Å². The number of hydrogen-bond acceptors (Lipinski definition) is 7. The number of allylic oxidation sites excluding steroid dienone is 1. The Morgan fingerprint density at radius 2 is 2.26 bits per heavy atom. The molecular weight excluding hydrogens is 380 g/mol. The summed E-state index contributed by atoms with van der Waals surface area (Å²) < 4.78 is 1.96. The Morgan fingerprint density at radius 3 is 2.96 bits per heavy atom. The molecule has 0 aliphatic heterocycles. The highest BCUT2D eigenvalue weighted by molar-refractivity contribution is 7.99. The van der Waals surface area contributed by atoms with Crippen LogP contribution in [0.5, 0.6) is 0 Å².